The van der Waals surface area contributed by atoms with E-state index in [9.17, 15) is 4.79 Å². The zero-order valence-corrected chi connectivity index (χ0v) is 6.10. The van der Waals surface area contributed by atoms with E-state index in [4.69, 9.17) is 5.73 Å². The molecule has 2 N–H and O–H groups in total. The summed E-state index contributed by atoms with van der Waals surface area (Å²) in [7, 11) is 0. The molecule has 0 bridgehead atoms. The minimum Gasteiger partial charge on any atom is -0.319 e. The third kappa shape index (κ3) is 0.788. The number of rotatable bonds is 2. The Morgan fingerprint density at radius 2 is 2.00 bits per heavy atom. The first kappa shape index (κ1) is 6.35. The molecule has 0 radical (unpaired) electrons. The van der Waals surface area contributed by atoms with Crippen molar-refractivity contribution in [2.75, 3.05) is 0 Å². The molecule has 0 aromatic rings. The van der Waals surface area contributed by atoms with Crippen LogP contribution in [0.15, 0.2) is 0 Å². The number of carbonyl (C=O) groups excluding carboxylic acids is 1. The summed E-state index contributed by atoms with van der Waals surface area (Å²) in [5, 5.41) is 0. The summed E-state index contributed by atoms with van der Waals surface area (Å²) in [4.78, 5) is 11.4. The van der Waals surface area contributed by atoms with E-state index in [0.29, 0.717) is 11.7 Å². The van der Waals surface area contributed by atoms with Crippen molar-refractivity contribution < 1.29 is 4.79 Å². The Kier molecular flexibility index (Phi) is 1.15. The normalized spacial score (nSPS) is 29.3. The number of carbonyl (C=O) groups is 1. The Labute approximate surface area is 60.8 Å². The predicted octanol–water partition coefficient (Wildman–Crippen LogP) is 0.847. The highest BCUT2D eigenvalue weighted by Gasteiger charge is 2.46. The van der Waals surface area contributed by atoms with E-state index in [2.05, 4.69) is 0 Å². The van der Waals surface area contributed by atoms with Crippen LogP contribution < -0.4 is 5.73 Å². The quantitative estimate of drug-likeness (QED) is 0.616. The Morgan fingerprint density at radius 3 is 2.30 bits per heavy atom. The van der Waals surface area contributed by atoms with Gasteiger partial charge in [-0.3, -0.25) is 4.79 Å². The summed E-state index contributed by atoms with van der Waals surface area (Å²) >= 11 is 0. The molecule has 0 unspecified atom stereocenters. The molecule has 2 rings (SSSR count). The SMILES string of the molecule is NC1(C(=O)C2CC2)CCC1. The highest BCUT2D eigenvalue weighted by molar-refractivity contribution is 5.92. The predicted molar refractivity (Wildman–Crippen MR) is 38.5 cm³/mol. The molecular formula is C8H13NO. The van der Waals surface area contributed by atoms with E-state index in [1.807, 2.05) is 0 Å². The van der Waals surface area contributed by atoms with Crippen LogP contribution in [0.2, 0.25) is 0 Å². The van der Waals surface area contributed by atoms with Gasteiger partial charge in [0, 0.05) is 5.92 Å². The molecule has 0 spiro atoms. The van der Waals surface area contributed by atoms with Gasteiger partial charge in [-0.2, -0.15) is 0 Å². The van der Waals surface area contributed by atoms with Crippen LogP contribution in [-0.4, -0.2) is 11.3 Å². The van der Waals surface area contributed by atoms with Gasteiger partial charge in [-0.15, -0.1) is 0 Å². The van der Waals surface area contributed by atoms with Crippen molar-refractivity contribution in [3.05, 3.63) is 0 Å². The number of Topliss-reactive ketones (excluding diaryl/α,β-unsaturated/α-hetero) is 1. The lowest BCUT2D eigenvalue weighted by Gasteiger charge is -2.36. The monoisotopic (exact) mass is 139 g/mol. The lowest BCUT2D eigenvalue weighted by Crippen LogP contribution is -2.54. The van der Waals surface area contributed by atoms with E-state index in [0.717, 1.165) is 32.1 Å². The van der Waals surface area contributed by atoms with Gasteiger partial charge in [0.25, 0.3) is 0 Å². The second kappa shape index (κ2) is 1.82. The third-order valence-electron chi connectivity index (χ3n) is 2.68. The van der Waals surface area contributed by atoms with Crippen molar-refractivity contribution in [1.29, 1.82) is 0 Å². The van der Waals surface area contributed by atoms with Crippen LogP contribution in [0.25, 0.3) is 0 Å². The third-order valence-corrected chi connectivity index (χ3v) is 2.68. The van der Waals surface area contributed by atoms with E-state index in [1.165, 1.54) is 0 Å². The van der Waals surface area contributed by atoms with Crippen LogP contribution in [0.5, 0.6) is 0 Å². The zero-order valence-electron chi connectivity index (χ0n) is 6.10. The average molecular weight is 139 g/mol. The summed E-state index contributed by atoms with van der Waals surface area (Å²) in [6.07, 6.45) is 5.20. The largest absolute Gasteiger partial charge is 0.319 e. The Hall–Kier alpha value is -0.370. The van der Waals surface area contributed by atoms with Crippen LogP contribution in [0.1, 0.15) is 32.1 Å². The maximum Gasteiger partial charge on any atom is 0.155 e. The molecule has 2 nitrogen and oxygen atoms in total. The molecular weight excluding hydrogens is 126 g/mol. The molecule has 0 heterocycles. The summed E-state index contributed by atoms with van der Waals surface area (Å²) < 4.78 is 0. The van der Waals surface area contributed by atoms with Crippen molar-refractivity contribution in [3.8, 4) is 0 Å². The van der Waals surface area contributed by atoms with Crippen molar-refractivity contribution >= 4 is 5.78 Å². The first-order valence-electron chi connectivity index (χ1n) is 4.06. The van der Waals surface area contributed by atoms with Gasteiger partial charge in [-0.25, -0.2) is 0 Å². The molecule has 2 fully saturated rings. The first-order chi connectivity index (χ1) is 4.72. The zero-order chi connectivity index (χ0) is 7.19. The molecule has 0 amide bonds. The summed E-state index contributed by atoms with van der Waals surface area (Å²) in [5.41, 5.74) is 5.46. The molecule has 0 saturated heterocycles. The lowest BCUT2D eigenvalue weighted by atomic mass is 9.73. The smallest absolute Gasteiger partial charge is 0.155 e. The molecule has 2 aliphatic carbocycles. The second-order valence-corrected chi connectivity index (χ2v) is 3.65. The number of nitrogens with two attached hydrogens (primary N) is 1. The topological polar surface area (TPSA) is 43.1 Å². The second-order valence-electron chi connectivity index (χ2n) is 3.65. The molecule has 10 heavy (non-hydrogen) atoms. The van der Waals surface area contributed by atoms with Crippen molar-refractivity contribution in [1.82, 2.24) is 0 Å². The lowest BCUT2D eigenvalue weighted by molar-refractivity contribution is -0.128. The maximum absolute atomic E-state index is 11.4. The van der Waals surface area contributed by atoms with E-state index in [-0.39, 0.29) is 5.54 Å². The van der Waals surface area contributed by atoms with Gasteiger partial charge in [0.15, 0.2) is 5.78 Å². The highest BCUT2D eigenvalue weighted by Crippen LogP contribution is 2.40. The van der Waals surface area contributed by atoms with Gasteiger partial charge in [-0.05, 0) is 32.1 Å². The summed E-state index contributed by atoms with van der Waals surface area (Å²) in [6, 6.07) is 0. The Morgan fingerprint density at radius 1 is 1.40 bits per heavy atom. The fourth-order valence-corrected chi connectivity index (χ4v) is 1.56. The fourth-order valence-electron chi connectivity index (χ4n) is 1.56. The molecule has 2 heteroatoms. The molecule has 0 aromatic carbocycles. The van der Waals surface area contributed by atoms with E-state index >= 15 is 0 Å². The van der Waals surface area contributed by atoms with Gasteiger partial charge < -0.3 is 5.73 Å². The summed E-state index contributed by atoms with van der Waals surface area (Å²) in [6.45, 7) is 0. The van der Waals surface area contributed by atoms with Gasteiger partial charge in [-0.1, -0.05) is 0 Å². The van der Waals surface area contributed by atoms with Crippen molar-refractivity contribution in [2.24, 2.45) is 11.7 Å². The van der Waals surface area contributed by atoms with Gasteiger partial charge in [0.05, 0.1) is 5.54 Å². The molecule has 0 atom stereocenters. The number of hydrogen-bond acceptors (Lipinski definition) is 2. The Balaban J connectivity index is 2.01. The van der Waals surface area contributed by atoms with Crippen LogP contribution >= 0.6 is 0 Å². The Bertz CT molecular complexity index is 168. The minimum atomic E-state index is -0.374. The summed E-state index contributed by atoms with van der Waals surface area (Å²) in [5.74, 6) is 0.698. The van der Waals surface area contributed by atoms with Crippen LogP contribution in [0.3, 0.4) is 0 Å². The first-order valence-corrected chi connectivity index (χ1v) is 4.06. The number of hydrogen-bond donors (Lipinski definition) is 1. The van der Waals surface area contributed by atoms with Gasteiger partial charge >= 0.3 is 0 Å². The van der Waals surface area contributed by atoms with Crippen molar-refractivity contribution in [2.45, 2.75) is 37.6 Å². The average Bonchev–Trinajstić information content (AvgIpc) is 2.62. The standard InChI is InChI=1S/C8H13NO/c9-8(4-1-5-8)7(10)6-2-3-6/h6H,1-5,9H2. The van der Waals surface area contributed by atoms with Gasteiger partial charge in [0.2, 0.25) is 0 Å². The molecule has 2 saturated carbocycles. The van der Waals surface area contributed by atoms with Crippen LogP contribution in [0, 0.1) is 5.92 Å². The van der Waals surface area contributed by atoms with E-state index < -0.39 is 0 Å². The molecule has 0 aromatic heterocycles. The highest BCUT2D eigenvalue weighted by atomic mass is 16.1. The minimum absolute atomic E-state index is 0.346. The molecule has 2 aliphatic rings. The fraction of sp³-hybridized carbons (Fsp3) is 0.875. The van der Waals surface area contributed by atoms with Gasteiger partial charge in [0.1, 0.15) is 0 Å². The number of ketones is 1. The molecule has 56 valence electrons. The van der Waals surface area contributed by atoms with Crippen LogP contribution in [0.4, 0.5) is 0 Å². The molecule has 0 aliphatic heterocycles. The van der Waals surface area contributed by atoms with Crippen LogP contribution in [-0.2, 0) is 4.79 Å². The maximum atomic E-state index is 11.4. The van der Waals surface area contributed by atoms with E-state index in [1.54, 1.807) is 0 Å². The van der Waals surface area contributed by atoms with Crippen molar-refractivity contribution in [3.63, 3.8) is 0 Å².